The zero-order valence-corrected chi connectivity index (χ0v) is 15.7. The number of benzene rings is 1. The summed E-state index contributed by atoms with van der Waals surface area (Å²) in [7, 11) is 1.49. The van der Waals surface area contributed by atoms with Gasteiger partial charge in [0, 0.05) is 11.3 Å². The number of methoxy groups -OCH3 is 1. The van der Waals surface area contributed by atoms with Gasteiger partial charge in [-0.1, -0.05) is 0 Å². The van der Waals surface area contributed by atoms with Gasteiger partial charge >= 0.3 is 0 Å². The highest BCUT2D eigenvalue weighted by atomic mass is 16.5. The number of aliphatic hydroxyl groups is 1. The van der Waals surface area contributed by atoms with Gasteiger partial charge in [0.15, 0.2) is 23.1 Å². The van der Waals surface area contributed by atoms with Crippen molar-refractivity contribution in [2.24, 2.45) is 0 Å². The Bertz CT molecular complexity index is 826. The number of ketones is 2. The Hall–Kier alpha value is -2.67. The Morgan fingerprint density at radius 3 is 2.42 bits per heavy atom. The maximum absolute atomic E-state index is 11.7. The van der Waals surface area contributed by atoms with E-state index in [9.17, 15) is 14.7 Å². The summed E-state index contributed by atoms with van der Waals surface area (Å²) in [5.74, 6) is 0.747. The quantitative estimate of drug-likeness (QED) is 0.727. The monoisotopic (exact) mass is 360 g/mol. The summed E-state index contributed by atoms with van der Waals surface area (Å²) in [5.41, 5.74) is 2.47. The molecule has 0 aliphatic rings. The SMILES string of the molecule is COc1cc(C(C)=O)ccc1OCC(O)Cn1nc(C)c(C(C)=O)c1C. The first-order valence-electron chi connectivity index (χ1n) is 8.29. The van der Waals surface area contributed by atoms with Crippen LogP contribution in [0.25, 0.3) is 0 Å². The van der Waals surface area contributed by atoms with Crippen molar-refractivity contribution in [2.75, 3.05) is 13.7 Å². The van der Waals surface area contributed by atoms with Gasteiger partial charge in [-0.3, -0.25) is 14.3 Å². The van der Waals surface area contributed by atoms with Crippen LogP contribution in [-0.4, -0.2) is 46.3 Å². The van der Waals surface area contributed by atoms with Crippen LogP contribution >= 0.6 is 0 Å². The normalized spacial score (nSPS) is 11.9. The van der Waals surface area contributed by atoms with E-state index in [1.54, 1.807) is 36.7 Å². The minimum Gasteiger partial charge on any atom is -0.493 e. The molecule has 0 amide bonds. The van der Waals surface area contributed by atoms with E-state index in [-0.39, 0.29) is 24.7 Å². The standard InChI is InChI=1S/C19H24N2O5/c1-11-19(14(4)23)12(2)21(20-11)9-16(24)10-26-17-7-6-15(13(3)22)8-18(17)25-5/h6-8,16,24H,9-10H2,1-5H3. The fraction of sp³-hybridized carbons (Fsp3) is 0.421. The highest BCUT2D eigenvalue weighted by Gasteiger charge is 2.18. The topological polar surface area (TPSA) is 90.7 Å². The molecule has 2 aromatic rings. The third-order valence-corrected chi connectivity index (χ3v) is 4.12. The molecule has 0 aliphatic heterocycles. The van der Waals surface area contributed by atoms with Crippen LogP contribution in [0.5, 0.6) is 11.5 Å². The predicted octanol–water partition coefficient (Wildman–Crippen LogP) is 2.35. The number of carbonyl (C=O) groups is 2. The van der Waals surface area contributed by atoms with Crippen molar-refractivity contribution in [2.45, 2.75) is 40.3 Å². The minimum atomic E-state index is -0.829. The number of ether oxygens (including phenoxy) is 2. The van der Waals surface area contributed by atoms with Gasteiger partial charge in [0.2, 0.25) is 0 Å². The van der Waals surface area contributed by atoms with Crippen molar-refractivity contribution >= 4 is 11.6 Å². The van der Waals surface area contributed by atoms with Crippen LogP contribution < -0.4 is 9.47 Å². The second-order valence-corrected chi connectivity index (χ2v) is 6.17. The molecule has 2 rings (SSSR count). The molecule has 0 fully saturated rings. The van der Waals surface area contributed by atoms with Gasteiger partial charge in [-0.05, 0) is 45.9 Å². The third kappa shape index (κ3) is 4.29. The van der Waals surface area contributed by atoms with Gasteiger partial charge in [-0.25, -0.2) is 0 Å². The van der Waals surface area contributed by atoms with E-state index in [1.165, 1.54) is 21.0 Å². The minimum absolute atomic E-state index is 0.0174. The maximum atomic E-state index is 11.7. The molecule has 1 N–H and O–H groups in total. The molecular formula is C19H24N2O5. The summed E-state index contributed by atoms with van der Waals surface area (Å²) < 4.78 is 12.5. The summed E-state index contributed by atoms with van der Waals surface area (Å²) in [6.45, 7) is 6.76. The second-order valence-electron chi connectivity index (χ2n) is 6.17. The number of Topliss-reactive ketones (excluding diaryl/α,β-unsaturated/α-hetero) is 2. The number of nitrogens with zero attached hydrogens (tertiary/aromatic N) is 2. The molecule has 1 aromatic heterocycles. The van der Waals surface area contributed by atoms with Gasteiger partial charge < -0.3 is 14.6 Å². The van der Waals surface area contributed by atoms with Crippen LogP contribution in [0.1, 0.15) is 46.0 Å². The lowest BCUT2D eigenvalue weighted by molar-refractivity contribution is 0.0870. The van der Waals surface area contributed by atoms with E-state index >= 15 is 0 Å². The highest BCUT2D eigenvalue weighted by Crippen LogP contribution is 2.28. The summed E-state index contributed by atoms with van der Waals surface area (Å²) in [5, 5.41) is 14.6. The lowest BCUT2D eigenvalue weighted by Gasteiger charge is -2.15. The van der Waals surface area contributed by atoms with Crippen LogP contribution in [0.3, 0.4) is 0 Å². The smallest absolute Gasteiger partial charge is 0.163 e. The molecule has 7 nitrogen and oxygen atoms in total. The van der Waals surface area contributed by atoms with Gasteiger partial charge in [-0.15, -0.1) is 0 Å². The molecule has 26 heavy (non-hydrogen) atoms. The summed E-state index contributed by atoms with van der Waals surface area (Å²) in [6, 6.07) is 4.89. The fourth-order valence-corrected chi connectivity index (χ4v) is 2.83. The lowest BCUT2D eigenvalue weighted by Crippen LogP contribution is -2.25. The second kappa shape index (κ2) is 8.14. The van der Waals surface area contributed by atoms with Crippen LogP contribution in [0, 0.1) is 13.8 Å². The average Bonchev–Trinajstić information content (AvgIpc) is 2.86. The van der Waals surface area contributed by atoms with Crippen LogP contribution in [0.15, 0.2) is 18.2 Å². The largest absolute Gasteiger partial charge is 0.493 e. The van der Waals surface area contributed by atoms with E-state index in [1.807, 2.05) is 0 Å². The van der Waals surface area contributed by atoms with E-state index < -0.39 is 6.10 Å². The Balaban J connectivity index is 2.06. The van der Waals surface area contributed by atoms with Crippen molar-refractivity contribution in [3.8, 4) is 11.5 Å². The van der Waals surface area contributed by atoms with Gasteiger partial charge in [0.25, 0.3) is 0 Å². The Kier molecular flexibility index (Phi) is 6.15. The number of rotatable bonds is 8. The average molecular weight is 360 g/mol. The molecule has 1 atom stereocenters. The Morgan fingerprint density at radius 1 is 1.19 bits per heavy atom. The summed E-state index contributed by atoms with van der Waals surface area (Å²) in [4.78, 5) is 23.1. The number of hydrogen-bond donors (Lipinski definition) is 1. The highest BCUT2D eigenvalue weighted by molar-refractivity contribution is 5.96. The number of carbonyl (C=O) groups excluding carboxylic acids is 2. The van der Waals surface area contributed by atoms with Crippen molar-refractivity contribution in [3.05, 3.63) is 40.7 Å². The number of aliphatic hydroxyl groups excluding tert-OH is 1. The zero-order chi connectivity index (χ0) is 19.4. The molecule has 1 unspecified atom stereocenters. The Labute approximate surface area is 152 Å². The maximum Gasteiger partial charge on any atom is 0.163 e. The summed E-state index contributed by atoms with van der Waals surface area (Å²) >= 11 is 0. The molecule has 0 radical (unpaired) electrons. The molecule has 0 spiro atoms. The summed E-state index contributed by atoms with van der Waals surface area (Å²) in [6.07, 6.45) is -0.829. The molecule has 1 aromatic carbocycles. The van der Waals surface area contributed by atoms with Gasteiger partial charge in [-0.2, -0.15) is 5.10 Å². The van der Waals surface area contributed by atoms with Crippen LogP contribution in [0.4, 0.5) is 0 Å². The van der Waals surface area contributed by atoms with E-state index in [0.717, 1.165) is 5.69 Å². The number of hydrogen-bond acceptors (Lipinski definition) is 6. The molecular weight excluding hydrogens is 336 g/mol. The molecule has 140 valence electrons. The molecule has 0 aliphatic carbocycles. The zero-order valence-electron chi connectivity index (χ0n) is 15.7. The van der Waals surface area contributed by atoms with E-state index in [2.05, 4.69) is 5.10 Å². The molecule has 0 saturated carbocycles. The molecule has 7 heteroatoms. The predicted molar refractivity (Wildman–Crippen MR) is 96.2 cm³/mol. The molecule has 0 saturated heterocycles. The van der Waals surface area contributed by atoms with Crippen molar-refractivity contribution in [1.82, 2.24) is 9.78 Å². The van der Waals surface area contributed by atoms with Crippen molar-refractivity contribution in [1.29, 1.82) is 0 Å². The first-order valence-corrected chi connectivity index (χ1v) is 8.29. The molecule has 1 heterocycles. The first-order chi connectivity index (χ1) is 12.2. The third-order valence-electron chi connectivity index (χ3n) is 4.12. The fourth-order valence-electron chi connectivity index (χ4n) is 2.83. The number of aromatic nitrogens is 2. The van der Waals surface area contributed by atoms with Crippen molar-refractivity contribution in [3.63, 3.8) is 0 Å². The first kappa shape index (κ1) is 19.7. The lowest BCUT2D eigenvalue weighted by atomic mass is 10.1. The molecule has 0 bridgehead atoms. The van der Waals surface area contributed by atoms with Gasteiger partial charge in [0.05, 0.1) is 24.9 Å². The Morgan fingerprint density at radius 2 is 1.88 bits per heavy atom. The van der Waals surface area contributed by atoms with Crippen LogP contribution in [-0.2, 0) is 6.54 Å². The van der Waals surface area contributed by atoms with E-state index in [0.29, 0.717) is 28.3 Å². The number of aryl methyl sites for hydroxylation is 1. The van der Waals surface area contributed by atoms with Crippen LogP contribution in [0.2, 0.25) is 0 Å². The van der Waals surface area contributed by atoms with Crippen molar-refractivity contribution < 1.29 is 24.2 Å². The van der Waals surface area contributed by atoms with E-state index in [4.69, 9.17) is 9.47 Å². The van der Waals surface area contributed by atoms with Gasteiger partial charge in [0.1, 0.15) is 12.7 Å².